The number of hydrogen-bond acceptors (Lipinski definition) is 1. The van der Waals surface area contributed by atoms with Crippen LogP contribution >= 0.6 is 0 Å². The molecule has 94 valence electrons. The average molecular weight is 231 g/mol. The summed E-state index contributed by atoms with van der Waals surface area (Å²) in [6, 6.07) is 9.76. The van der Waals surface area contributed by atoms with Crippen molar-refractivity contribution < 1.29 is 0 Å². The van der Waals surface area contributed by atoms with Crippen LogP contribution in [0.2, 0.25) is 0 Å². The summed E-state index contributed by atoms with van der Waals surface area (Å²) in [6.45, 7) is 10.4. The highest BCUT2D eigenvalue weighted by molar-refractivity contribution is 5.22. The zero-order valence-electron chi connectivity index (χ0n) is 11.7. The Balaban J connectivity index is 2.05. The van der Waals surface area contributed by atoms with Crippen LogP contribution in [0.15, 0.2) is 24.3 Å². The Bertz CT molecular complexity index is 358. The standard InChI is InChI=1S/C16H25N/c1-13-7-9-14(10-8-13)12-15-6-5-11-17(15)16(2,3)4/h7-10,15H,5-6,11-12H2,1-4H3. The van der Waals surface area contributed by atoms with Crippen molar-refractivity contribution in [1.29, 1.82) is 0 Å². The molecule has 0 spiro atoms. The highest BCUT2D eigenvalue weighted by Gasteiger charge is 2.32. The predicted molar refractivity (Wildman–Crippen MR) is 74.4 cm³/mol. The number of benzene rings is 1. The molecule has 1 aliphatic heterocycles. The predicted octanol–water partition coefficient (Wildman–Crippen LogP) is 3.80. The fourth-order valence-electron chi connectivity index (χ4n) is 2.93. The second kappa shape index (κ2) is 4.81. The van der Waals surface area contributed by atoms with Gasteiger partial charge in [0.1, 0.15) is 0 Å². The van der Waals surface area contributed by atoms with Gasteiger partial charge in [-0.05, 0) is 59.1 Å². The Morgan fingerprint density at radius 1 is 1.18 bits per heavy atom. The molecule has 1 unspecified atom stereocenters. The van der Waals surface area contributed by atoms with Gasteiger partial charge in [0, 0.05) is 11.6 Å². The molecule has 1 saturated heterocycles. The van der Waals surface area contributed by atoms with Gasteiger partial charge < -0.3 is 0 Å². The summed E-state index contributed by atoms with van der Waals surface area (Å²) in [7, 11) is 0. The lowest BCUT2D eigenvalue weighted by Gasteiger charge is -2.37. The van der Waals surface area contributed by atoms with Crippen molar-refractivity contribution in [3.63, 3.8) is 0 Å². The number of hydrogen-bond donors (Lipinski definition) is 0. The molecule has 0 aromatic heterocycles. The minimum absolute atomic E-state index is 0.311. The smallest absolute Gasteiger partial charge is 0.0141 e. The monoisotopic (exact) mass is 231 g/mol. The van der Waals surface area contributed by atoms with Crippen LogP contribution in [0.3, 0.4) is 0 Å². The average Bonchev–Trinajstić information content (AvgIpc) is 2.69. The third-order valence-corrected chi connectivity index (χ3v) is 3.83. The highest BCUT2D eigenvalue weighted by Crippen LogP contribution is 2.28. The molecule has 1 nitrogen and oxygen atoms in total. The summed E-state index contributed by atoms with van der Waals surface area (Å²) in [5.74, 6) is 0. The van der Waals surface area contributed by atoms with Crippen molar-refractivity contribution in [3.05, 3.63) is 35.4 Å². The van der Waals surface area contributed by atoms with Crippen molar-refractivity contribution in [2.45, 2.75) is 58.5 Å². The Hall–Kier alpha value is -0.820. The van der Waals surface area contributed by atoms with E-state index in [4.69, 9.17) is 0 Å². The number of nitrogens with zero attached hydrogens (tertiary/aromatic N) is 1. The fourth-order valence-corrected chi connectivity index (χ4v) is 2.93. The summed E-state index contributed by atoms with van der Waals surface area (Å²) in [5.41, 5.74) is 3.15. The molecule has 1 aromatic carbocycles. The first-order valence-electron chi connectivity index (χ1n) is 6.79. The first-order chi connectivity index (χ1) is 7.97. The van der Waals surface area contributed by atoms with E-state index in [-0.39, 0.29) is 0 Å². The third kappa shape index (κ3) is 3.10. The van der Waals surface area contributed by atoms with Gasteiger partial charge in [-0.15, -0.1) is 0 Å². The molecule has 17 heavy (non-hydrogen) atoms. The fraction of sp³-hybridized carbons (Fsp3) is 0.625. The van der Waals surface area contributed by atoms with Crippen molar-refractivity contribution in [3.8, 4) is 0 Å². The number of likely N-dealkylation sites (tertiary alicyclic amines) is 1. The van der Waals surface area contributed by atoms with Gasteiger partial charge in [0.15, 0.2) is 0 Å². The molecule has 1 aromatic rings. The molecule has 0 radical (unpaired) electrons. The lowest BCUT2D eigenvalue weighted by atomic mass is 9.99. The van der Waals surface area contributed by atoms with E-state index in [0.29, 0.717) is 5.54 Å². The van der Waals surface area contributed by atoms with E-state index in [0.717, 1.165) is 6.04 Å². The second-order valence-corrected chi connectivity index (χ2v) is 6.35. The van der Waals surface area contributed by atoms with Gasteiger partial charge in [-0.2, -0.15) is 0 Å². The Morgan fingerprint density at radius 2 is 1.82 bits per heavy atom. The number of rotatable bonds is 2. The first-order valence-corrected chi connectivity index (χ1v) is 6.79. The van der Waals surface area contributed by atoms with Crippen LogP contribution in [-0.2, 0) is 6.42 Å². The molecule has 1 atom stereocenters. The van der Waals surface area contributed by atoms with Gasteiger partial charge in [-0.25, -0.2) is 0 Å². The topological polar surface area (TPSA) is 3.24 Å². The minimum atomic E-state index is 0.311. The van der Waals surface area contributed by atoms with E-state index < -0.39 is 0 Å². The van der Waals surface area contributed by atoms with Crippen LogP contribution in [-0.4, -0.2) is 23.0 Å². The van der Waals surface area contributed by atoms with Crippen molar-refractivity contribution >= 4 is 0 Å². The van der Waals surface area contributed by atoms with Gasteiger partial charge in [0.05, 0.1) is 0 Å². The third-order valence-electron chi connectivity index (χ3n) is 3.83. The molecule has 0 aliphatic carbocycles. The van der Waals surface area contributed by atoms with Gasteiger partial charge in [-0.1, -0.05) is 29.8 Å². The molecule has 0 saturated carbocycles. The first kappa shape index (κ1) is 12.6. The van der Waals surface area contributed by atoms with Crippen LogP contribution in [0, 0.1) is 6.92 Å². The van der Waals surface area contributed by atoms with Gasteiger partial charge in [-0.3, -0.25) is 4.90 Å². The quantitative estimate of drug-likeness (QED) is 0.748. The van der Waals surface area contributed by atoms with Crippen molar-refractivity contribution in [2.75, 3.05) is 6.54 Å². The zero-order chi connectivity index (χ0) is 12.5. The lowest BCUT2D eigenvalue weighted by Crippen LogP contribution is -2.45. The molecular formula is C16H25N. The highest BCUT2D eigenvalue weighted by atomic mass is 15.2. The van der Waals surface area contributed by atoms with Gasteiger partial charge in [0.25, 0.3) is 0 Å². The van der Waals surface area contributed by atoms with E-state index in [2.05, 4.69) is 56.9 Å². The summed E-state index contributed by atoms with van der Waals surface area (Å²) in [5, 5.41) is 0. The van der Waals surface area contributed by atoms with E-state index >= 15 is 0 Å². The van der Waals surface area contributed by atoms with Crippen molar-refractivity contribution in [1.82, 2.24) is 4.90 Å². The van der Waals surface area contributed by atoms with E-state index in [1.54, 1.807) is 0 Å². The van der Waals surface area contributed by atoms with Crippen LogP contribution in [0.25, 0.3) is 0 Å². The molecule has 1 heteroatoms. The number of aryl methyl sites for hydroxylation is 1. The molecule has 0 amide bonds. The molecule has 0 bridgehead atoms. The maximum atomic E-state index is 2.67. The molecular weight excluding hydrogens is 206 g/mol. The van der Waals surface area contributed by atoms with Crippen LogP contribution in [0.5, 0.6) is 0 Å². The molecule has 1 heterocycles. The second-order valence-electron chi connectivity index (χ2n) is 6.35. The van der Waals surface area contributed by atoms with E-state index in [1.165, 1.54) is 36.9 Å². The van der Waals surface area contributed by atoms with Gasteiger partial charge >= 0.3 is 0 Å². The summed E-state index contributed by atoms with van der Waals surface area (Å²) in [6.07, 6.45) is 3.91. The minimum Gasteiger partial charge on any atom is -0.295 e. The Morgan fingerprint density at radius 3 is 2.41 bits per heavy atom. The van der Waals surface area contributed by atoms with E-state index in [9.17, 15) is 0 Å². The van der Waals surface area contributed by atoms with Crippen LogP contribution in [0.4, 0.5) is 0 Å². The van der Waals surface area contributed by atoms with E-state index in [1.807, 2.05) is 0 Å². The Labute approximate surface area is 106 Å². The summed E-state index contributed by atoms with van der Waals surface area (Å²) < 4.78 is 0. The largest absolute Gasteiger partial charge is 0.295 e. The summed E-state index contributed by atoms with van der Waals surface area (Å²) in [4.78, 5) is 2.67. The van der Waals surface area contributed by atoms with Crippen LogP contribution in [0.1, 0.15) is 44.7 Å². The molecule has 2 rings (SSSR count). The van der Waals surface area contributed by atoms with Crippen molar-refractivity contribution in [2.24, 2.45) is 0 Å². The normalized spacial score (nSPS) is 22.0. The molecule has 1 aliphatic rings. The lowest BCUT2D eigenvalue weighted by molar-refractivity contribution is 0.121. The molecule has 1 fully saturated rings. The maximum Gasteiger partial charge on any atom is 0.0141 e. The van der Waals surface area contributed by atoms with Gasteiger partial charge in [0.2, 0.25) is 0 Å². The maximum absolute atomic E-state index is 2.67. The van der Waals surface area contributed by atoms with Crippen LogP contribution < -0.4 is 0 Å². The zero-order valence-corrected chi connectivity index (χ0v) is 11.7. The SMILES string of the molecule is Cc1ccc(CC2CCCN2C(C)(C)C)cc1. The Kier molecular flexibility index (Phi) is 3.58. The summed E-state index contributed by atoms with van der Waals surface area (Å²) >= 11 is 0. The molecule has 0 N–H and O–H groups in total.